The molecule has 7 heteroatoms. The molecule has 0 bridgehead atoms. The van der Waals surface area contributed by atoms with Gasteiger partial charge in [0.1, 0.15) is 24.6 Å². The van der Waals surface area contributed by atoms with E-state index in [4.69, 9.17) is 4.74 Å². The molecule has 0 aromatic carbocycles. The first kappa shape index (κ1) is 17.1. The van der Waals surface area contributed by atoms with E-state index >= 15 is 0 Å². The highest BCUT2D eigenvalue weighted by Gasteiger charge is 2.36. The Labute approximate surface area is 154 Å². The summed E-state index contributed by atoms with van der Waals surface area (Å²) in [6.45, 7) is 4.49. The minimum absolute atomic E-state index is 0.451. The molecule has 0 N–H and O–H groups in total. The first-order chi connectivity index (χ1) is 12.7. The van der Waals surface area contributed by atoms with Crippen molar-refractivity contribution >= 4 is 11.6 Å². The van der Waals surface area contributed by atoms with Gasteiger partial charge in [-0.05, 0) is 38.7 Å². The Morgan fingerprint density at radius 3 is 2.58 bits per heavy atom. The van der Waals surface area contributed by atoms with Crippen LogP contribution in [0.4, 0.5) is 11.6 Å². The van der Waals surface area contributed by atoms with Crippen LogP contribution in [0.1, 0.15) is 37.2 Å². The molecule has 7 nitrogen and oxygen atoms in total. The van der Waals surface area contributed by atoms with Gasteiger partial charge < -0.3 is 14.5 Å². The number of aryl methyl sites for hydroxylation is 1. The van der Waals surface area contributed by atoms with Crippen molar-refractivity contribution in [2.24, 2.45) is 0 Å². The number of rotatable bonds is 6. The Morgan fingerprint density at radius 2 is 1.88 bits per heavy atom. The van der Waals surface area contributed by atoms with Crippen LogP contribution >= 0.6 is 0 Å². The van der Waals surface area contributed by atoms with Gasteiger partial charge in [0.25, 0.3) is 0 Å². The molecule has 1 saturated heterocycles. The van der Waals surface area contributed by atoms with E-state index in [0.29, 0.717) is 18.7 Å². The maximum atomic E-state index is 5.15. The Balaban J connectivity index is 1.44. The molecular weight excluding hydrogens is 328 g/mol. The van der Waals surface area contributed by atoms with E-state index in [1.165, 1.54) is 12.8 Å². The molecule has 2 aromatic rings. The lowest BCUT2D eigenvalue weighted by molar-refractivity contribution is 0.178. The lowest BCUT2D eigenvalue weighted by Gasteiger charge is -2.40. The minimum Gasteiger partial charge on any atom is -0.377 e. The molecule has 0 atom stereocenters. The quantitative estimate of drug-likeness (QED) is 0.789. The lowest BCUT2D eigenvalue weighted by Crippen LogP contribution is -2.46. The van der Waals surface area contributed by atoms with Gasteiger partial charge in [-0.3, -0.25) is 0 Å². The van der Waals surface area contributed by atoms with E-state index in [-0.39, 0.29) is 0 Å². The summed E-state index contributed by atoms with van der Waals surface area (Å²) in [5, 5.41) is 0. The summed E-state index contributed by atoms with van der Waals surface area (Å²) in [6, 6.07) is 5.29. The Morgan fingerprint density at radius 1 is 1.12 bits per heavy atom. The summed E-state index contributed by atoms with van der Waals surface area (Å²) in [6.07, 6.45) is 8.29. The normalized spacial score (nSPS) is 18.2. The zero-order valence-electron chi connectivity index (χ0n) is 15.5. The van der Waals surface area contributed by atoms with Gasteiger partial charge in [-0.25, -0.2) is 19.9 Å². The maximum absolute atomic E-state index is 5.15. The Kier molecular flexibility index (Phi) is 4.97. The van der Waals surface area contributed by atoms with Gasteiger partial charge in [0.15, 0.2) is 5.82 Å². The van der Waals surface area contributed by atoms with E-state index in [9.17, 15) is 0 Å². The highest BCUT2D eigenvalue weighted by atomic mass is 16.5. The second kappa shape index (κ2) is 7.53. The number of hydrogen-bond acceptors (Lipinski definition) is 7. The number of aromatic nitrogens is 4. The topological polar surface area (TPSA) is 67.3 Å². The summed E-state index contributed by atoms with van der Waals surface area (Å²) in [5.74, 6) is 2.83. The third-order valence-corrected chi connectivity index (χ3v) is 5.14. The van der Waals surface area contributed by atoms with Crippen LogP contribution in [0.15, 0.2) is 24.7 Å². The molecule has 138 valence electrons. The van der Waals surface area contributed by atoms with Crippen molar-refractivity contribution in [1.82, 2.24) is 19.9 Å². The summed E-state index contributed by atoms with van der Waals surface area (Å²) in [4.78, 5) is 22.6. The van der Waals surface area contributed by atoms with E-state index in [2.05, 4.69) is 35.8 Å². The van der Waals surface area contributed by atoms with Crippen molar-refractivity contribution in [3.05, 3.63) is 36.2 Å². The molecule has 1 aliphatic heterocycles. The largest absolute Gasteiger partial charge is 0.377 e. The Hall–Kier alpha value is -2.28. The van der Waals surface area contributed by atoms with E-state index in [1.54, 1.807) is 13.4 Å². The van der Waals surface area contributed by atoms with Gasteiger partial charge >= 0.3 is 0 Å². The fourth-order valence-electron chi connectivity index (χ4n) is 3.74. The monoisotopic (exact) mass is 354 g/mol. The number of methoxy groups -OCH3 is 1. The third-order valence-electron chi connectivity index (χ3n) is 5.14. The number of nitrogens with zero attached hydrogens (tertiary/aromatic N) is 6. The van der Waals surface area contributed by atoms with Crippen molar-refractivity contribution in [2.75, 3.05) is 30.0 Å². The van der Waals surface area contributed by atoms with Crippen LogP contribution in [0.25, 0.3) is 0 Å². The first-order valence-electron chi connectivity index (χ1n) is 9.37. The zero-order valence-corrected chi connectivity index (χ0v) is 15.5. The molecule has 26 heavy (non-hydrogen) atoms. The molecule has 2 aromatic heterocycles. The summed E-state index contributed by atoms with van der Waals surface area (Å²) < 4.78 is 5.15. The minimum atomic E-state index is 0.451. The molecular formula is C19H26N6O. The second-order valence-corrected chi connectivity index (χ2v) is 7.14. The SMILES string of the molecule is COCc1nccc(N2CCC(N(c3cc(C)ncn3)C3CC3)CC2)n1. The molecule has 0 spiro atoms. The molecule has 3 heterocycles. The van der Waals surface area contributed by atoms with Gasteiger partial charge in [0.2, 0.25) is 0 Å². The molecule has 1 aliphatic carbocycles. The average Bonchev–Trinajstić information content (AvgIpc) is 3.48. The van der Waals surface area contributed by atoms with E-state index in [1.807, 2.05) is 19.2 Å². The summed E-state index contributed by atoms with van der Waals surface area (Å²) in [5.41, 5.74) is 1.03. The van der Waals surface area contributed by atoms with Crippen LogP contribution in [0.5, 0.6) is 0 Å². The molecule has 2 fully saturated rings. The molecule has 0 amide bonds. The Bertz CT molecular complexity index is 742. The van der Waals surface area contributed by atoms with Crippen LogP contribution in [0.2, 0.25) is 0 Å². The first-order valence-corrected chi connectivity index (χ1v) is 9.37. The molecule has 1 saturated carbocycles. The van der Waals surface area contributed by atoms with Gasteiger partial charge in [-0.15, -0.1) is 0 Å². The van der Waals surface area contributed by atoms with Crippen molar-refractivity contribution in [2.45, 2.75) is 51.3 Å². The van der Waals surface area contributed by atoms with Gasteiger partial charge in [0.05, 0.1) is 0 Å². The molecule has 2 aliphatic rings. The van der Waals surface area contributed by atoms with Crippen LogP contribution in [0, 0.1) is 6.92 Å². The van der Waals surface area contributed by atoms with Crippen LogP contribution < -0.4 is 9.80 Å². The van der Waals surface area contributed by atoms with Crippen LogP contribution in [-0.2, 0) is 11.3 Å². The summed E-state index contributed by atoms with van der Waals surface area (Å²) >= 11 is 0. The zero-order chi connectivity index (χ0) is 17.9. The van der Waals surface area contributed by atoms with Crippen molar-refractivity contribution in [1.29, 1.82) is 0 Å². The van der Waals surface area contributed by atoms with Crippen molar-refractivity contribution in [3.63, 3.8) is 0 Å². The van der Waals surface area contributed by atoms with Gasteiger partial charge in [-0.2, -0.15) is 0 Å². The molecule has 4 rings (SSSR count). The predicted octanol–water partition coefficient (Wildman–Crippen LogP) is 2.36. The van der Waals surface area contributed by atoms with Crippen molar-refractivity contribution < 1.29 is 4.74 Å². The van der Waals surface area contributed by atoms with Crippen LogP contribution in [-0.4, -0.2) is 52.2 Å². The predicted molar refractivity (Wildman–Crippen MR) is 100 cm³/mol. The number of anilines is 2. The standard InChI is InChI=1S/C19H26N6O/c1-14-11-19(22-13-21-14)25(15-3-4-15)16-6-9-24(10-7-16)18-5-8-20-17(23-18)12-26-2/h5,8,11,13,15-16H,3-4,6-7,9-10,12H2,1-2H3. The number of piperidine rings is 1. The third kappa shape index (κ3) is 3.77. The molecule has 0 radical (unpaired) electrons. The maximum Gasteiger partial charge on any atom is 0.156 e. The van der Waals surface area contributed by atoms with Crippen LogP contribution in [0.3, 0.4) is 0 Å². The van der Waals surface area contributed by atoms with E-state index in [0.717, 1.165) is 49.1 Å². The molecule has 0 unspecified atom stereocenters. The fourth-order valence-corrected chi connectivity index (χ4v) is 3.74. The smallest absolute Gasteiger partial charge is 0.156 e. The van der Waals surface area contributed by atoms with Gasteiger partial charge in [-0.1, -0.05) is 0 Å². The highest BCUT2D eigenvalue weighted by Crippen LogP contribution is 2.35. The van der Waals surface area contributed by atoms with Gasteiger partial charge in [0, 0.05) is 50.2 Å². The average molecular weight is 354 g/mol. The number of ether oxygens (including phenoxy) is 1. The fraction of sp³-hybridized carbons (Fsp3) is 0.579. The highest BCUT2D eigenvalue weighted by molar-refractivity contribution is 5.45. The van der Waals surface area contributed by atoms with Crippen molar-refractivity contribution in [3.8, 4) is 0 Å². The second-order valence-electron chi connectivity index (χ2n) is 7.14. The number of hydrogen-bond donors (Lipinski definition) is 0. The lowest BCUT2D eigenvalue weighted by atomic mass is 10.0. The van der Waals surface area contributed by atoms with E-state index < -0.39 is 0 Å². The summed E-state index contributed by atoms with van der Waals surface area (Å²) in [7, 11) is 1.67.